The second-order valence-electron chi connectivity index (χ2n) is 5.40. The Balaban J connectivity index is 1.62. The van der Waals surface area contributed by atoms with Gasteiger partial charge in [-0.15, -0.1) is 0 Å². The SMILES string of the molecule is Cc1cnc(-c2noc(C3CCCN3c3ncccn3)n2)cn1. The lowest BCUT2D eigenvalue weighted by molar-refractivity contribution is 0.354. The predicted molar refractivity (Wildman–Crippen MR) is 81.4 cm³/mol. The van der Waals surface area contributed by atoms with Crippen molar-refractivity contribution in [2.24, 2.45) is 0 Å². The van der Waals surface area contributed by atoms with Gasteiger partial charge >= 0.3 is 0 Å². The van der Waals surface area contributed by atoms with Crippen molar-refractivity contribution in [3.05, 3.63) is 42.4 Å². The largest absolute Gasteiger partial charge is 0.337 e. The Morgan fingerprint density at radius 1 is 1.13 bits per heavy atom. The van der Waals surface area contributed by atoms with Crippen molar-refractivity contribution in [3.8, 4) is 11.5 Å². The second kappa shape index (κ2) is 5.71. The lowest BCUT2D eigenvalue weighted by Crippen LogP contribution is -2.24. The standard InChI is InChI=1S/C15H15N7O/c1-10-8-19-11(9-18-10)13-20-14(23-21-13)12-4-2-7-22(12)15-16-5-3-6-17-15/h3,5-6,8-9,12H,2,4,7H2,1H3. The van der Waals surface area contributed by atoms with E-state index in [1.807, 2.05) is 6.92 Å². The van der Waals surface area contributed by atoms with Gasteiger partial charge in [-0.25, -0.2) is 15.0 Å². The number of aryl methyl sites for hydroxylation is 1. The highest BCUT2D eigenvalue weighted by Crippen LogP contribution is 2.33. The zero-order valence-electron chi connectivity index (χ0n) is 12.6. The molecule has 1 atom stereocenters. The first-order valence-electron chi connectivity index (χ1n) is 7.47. The van der Waals surface area contributed by atoms with Gasteiger partial charge in [0.15, 0.2) is 0 Å². The molecule has 4 rings (SSSR count). The summed E-state index contributed by atoms with van der Waals surface area (Å²) in [7, 11) is 0. The van der Waals surface area contributed by atoms with Crippen molar-refractivity contribution >= 4 is 5.95 Å². The van der Waals surface area contributed by atoms with Crippen molar-refractivity contribution in [2.75, 3.05) is 11.4 Å². The monoisotopic (exact) mass is 309 g/mol. The molecular formula is C15H15N7O. The van der Waals surface area contributed by atoms with Crippen molar-refractivity contribution in [1.29, 1.82) is 0 Å². The Morgan fingerprint density at radius 3 is 2.78 bits per heavy atom. The molecule has 1 saturated heterocycles. The van der Waals surface area contributed by atoms with E-state index in [1.165, 1.54) is 0 Å². The Morgan fingerprint density at radius 2 is 2.00 bits per heavy atom. The highest BCUT2D eigenvalue weighted by atomic mass is 16.5. The molecule has 0 spiro atoms. The van der Waals surface area contributed by atoms with Gasteiger partial charge in [-0.3, -0.25) is 4.98 Å². The Kier molecular flexibility index (Phi) is 3.41. The van der Waals surface area contributed by atoms with Crippen LogP contribution in [0.25, 0.3) is 11.5 Å². The van der Waals surface area contributed by atoms with Crippen molar-refractivity contribution < 1.29 is 4.52 Å². The molecule has 1 aliphatic heterocycles. The lowest BCUT2D eigenvalue weighted by atomic mass is 10.2. The molecule has 0 bridgehead atoms. The van der Waals surface area contributed by atoms with Crippen LogP contribution in [0.1, 0.15) is 30.5 Å². The van der Waals surface area contributed by atoms with Crippen LogP contribution in [0.3, 0.4) is 0 Å². The topological polar surface area (TPSA) is 93.7 Å². The van der Waals surface area contributed by atoms with E-state index in [0.717, 1.165) is 25.1 Å². The van der Waals surface area contributed by atoms with Crippen LogP contribution in [0, 0.1) is 6.92 Å². The summed E-state index contributed by atoms with van der Waals surface area (Å²) in [5.74, 6) is 1.70. The van der Waals surface area contributed by atoms with Gasteiger partial charge in [0.1, 0.15) is 11.7 Å². The maximum atomic E-state index is 5.46. The van der Waals surface area contributed by atoms with Gasteiger partial charge < -0.3 is 9.42 Å². The molecule has 1 unspecified atom stereocenters. The third-order valence-corrected chi connectivity index (χ3v) is 3.80. The minimum absolute atomic E-state index is 0.00272. The Hall–Kier alpha value is -2.90. The molecule has 116 valence electrons. The van der Waals surface area contributed by atoms with Crippen LogP contribution in [0.4, 0.5) is 5.95 Å². The summed E-state index contributed by atoms with van der Waals surface area (Å²) >= 11 is 0. The van der Waals surface area contributed by atoms with Gasteiger partial charge in [0.05, 0.1) is 11.9 Å². The maximum absolute atomic E-state index is 5.46. The molecule has 8 nitrogen and oxygen atoms in total. The molecule has 3 aromatic heterocycles. The first kappa shape index (κ1) is 13.7. The quantitative estimate of drug-likeness (QED) is 0.725. The summed E-state index contributed by atoms with van der Waals surface area (Å²) in [5, 5.41) is 4.03. The van der Waals surface area contributed by atoms with E-state index in [-0.39, 0.29) is 6.04 Å². The third-order valence-electron chi connectivity index (χ3n) is 3.80. The van der Waals surface area contributed by atoms with E-state index in [2.05, 4.69) is 35.0 Å². The smallest absolute Gasteiger partial charge is 0.249 e. The molecule has 23 heavy (non-hydrogen) atoms. The lowest BCUT2D eigenvalue weighted by Gasteiger charge is -2.21. The number of hydrogen-bond acceptors (Lipinski definition) is 8. The van der Waals surface area contributed by atoms with E-state index in [9.17, 15) is 0 Å². The zero-order valence-corrected chi connectivity index (χ0v) is 12.6. The van der Waals surface area contributed by atoms with Crippen LogP contribution in [0.2, 0.25) is 0 Å². The number of hydrogen-bond donors (Lipinski definition) is 0. The molecule has 0 radical (unpaired) electrons. The third kappa shape index (κ3) is 2.63. The summed E-state index contributed by atoms with van der Waals surface area (Å²) in [4.78, 5) is 23.7. The van der Waals surface area contributed by atoms with Crippen molar-refractivity contribution in [2.45, 2.75) is 25.8 Å². The van der Waals surface area contributed by atoms with Crippen LogP contribution in [0.5, 0.6) is 0 Å². The molecule has 0 aliphatic carbocycles. The fourth-order valence-electron chi connectivity index (χ4n) is 2.69. The molecule has 0 aromatic carbocycles. The average Bonchev–Trinajstić information content (AvgIpc) is 3.25. The van der Waals surface area contributed by atoms with E-state index in [4.69, 9.17) is 4.52 Å². The fourth-order valence-corrected chi connectivity index (χ4v) is 2.69. The second-order valence-corrected chi connectivity index (χ2v) is 5.40. The molecule has 1 aliphatic rings. The van der Waals surface area contributed by atoms with Gasteiger partial charge in [-0.2, -0.15) is 4.98 Å². The highest BCUT2D eigenvalue weighted by Gasteiger charge is 2.32. The van der Waals surface area contributed by atoms with Crippen LogP contribution in [-0.2, 0) is 0 Å². The Labute approximate surface area is 132 Å². The number of nitrogens with zero attached hydrogens (tertiary/aromatic N) is 7. The van der Waals surface area contributed by atoms with Gasteiger partial charge in [-0.05, 0) is 25.8 Å². The molecule has 3 aromatic rings. The summed E-state index contributed by atoms with van der Waals surface area (Å²) in [6.45, 7) is 2.76. The van der Waals surface area contributed by atoms with E-state index in [1.54, 1.807) is 30.9 Å². The average molecular weight is 309 g/mol. The number of rotatable bonds is 3. The predicted octanol–water partition coefficient (Wildman–Crippen LogP) is 1.97. The molecule has 4 heterocycles. The molecular weight excluding hydrogens is 294 g/mol. The van der Waals surface area contributed by atoms with Crippen LogP contribution < -0.4 is 4.90 Å². The first-order valence-corrected chi connectivity index (χ1v) is 7.47. The molecule has 8 heteroatoms. The van der Waals surface area contributed by atoms with Crippen LogP contribution in [-0.4, -0.2) is 36.6 Å². The summed E-state index contributed by atoms with van der Waals surface area (Å²) in [6.07, 6.45) is 8.77. The zero-order chi connectivity index (χ0) is 15.6. The van der Waals surface area contributed by atoms with Gasteiger partial charge in [0.2, 0.25) is 17.7 Å². The minimum atomic E-state index is -0.00272. The normalized spacial score (nSPS) is 17.6. The fraction of sp³-hybridized carbons (Fsp3) is 0.333. The molecule has 0 amide bonds. The summed E-state index contributed by atoms with van der Waals surface area (Å²) in [5.41, 5.74) is 1.45. The number of anilines is 1. The first-order chi connectivity index (χ1) is 11.3. The minimum Gasteiger partial charge on any atom is -0.337 e. The Bertz CT molecular complexity index is 787. The van der Waals surface area contributed by atoms with Crippen LogP contribution in [0.15, 0.2) is 35.4 Å². The maximum Gasteiger partial charge on any atom is 0.249 e. The van der Waals surface area contributed by atoms with Gasteiger partial charge in [0, 0.05) is 25.1 Å². The van der Waals surface area contributed by atoms with Crippen molar-refractivity contribution in [3.63, 3.8) is 0 Å². The molecule has 1 fully saturated rings. The van der Waals surface area contributed by atoms with Gasteiger partial charge in [-0.1, -0.05) is 5.16 Å². The summed E-state index contributed by atoms with van der Waals surface area (Å²) in [6, 6.07) is 1.80. The van der Waals surface area contributed by atoms with Gasteiger partial charge in [0.25, 0.3) is 0 Å². The summed E-state index contributed by atoms with van der Waals surface area (Å²) < 4.78 is 5.46. The van der Waals surface area contributed by atoms with Crippen molar-refractivity contribution in [1.82, 2.24) is 30.1 Å². The highest BCUT2D eigenvalue weighted by molar-refractivity contribution is 5.46. The number of aromatic nitrogens is 6. The van der Waals surface area contributed by atoms with E-state index in [0.29, 0.717) is 23.4 Å². The van der Waals surface area contributed by atoms with Crippen LogP contribution >= 0.6 is 0 Å². The van der Waals surface area contributed by atoms with E-state index < -0.39 is 0 Å². The van der Waals surface area contributed by atoms with E-state index >= 15 is 0 Å². The molecule has 0 saturated carbocycles. The molecule has 0 N–H and O–H groups in total.